The van der Waals surface area contributed by atoms with Crippen molar-refractivity contribution in [2.24, 2.45) is 0 Å². The molecule has 0 saturated carbocycles. The van der Waals surface area contributed by atoms with Gasteiger partial charge >= 0.3 is 0 Å². The monoisotopic (exact) mass is 302 g/mol. The molecule has 0 N–H and O–H groups in total. The van der Waals surface area contributed by atoms with Gasteiger partial charge < -0.3 is 0 Å². The number of nitrogens with zero attached hydrogens (tertiary/aromatic N) is 4. The topological polar surface area (TPSA) is 43.6 Å². The maximum atomic E-state index is 4.41. The Morgan fingerprint density at radius 2 is 2.06 bits per heavy atom. The average molecular weight is 303 g/mol. The average Bonchev–Trinajstić information content (AvgIpc) is 2.87. The van der Waals surface area contributed by atoms with Crippen molar-refractivity contribution in [2.75, 3.05) is 0 Å². The van der Waals surface area contributed by atoms with E-state index in [9.17, 15) is 0 Å². The molecule has 1 aromatic carbocycles. The zero-order valence-corrected chi connectivity index (χ0v) is 11.4. The molecule has 0 radical (unpaired) electrons. The van der Waals surface area contributed by atoms with E-state index in [0.717, 1.165) is 22.3 Å². The summed E-state index contributed by atoms with van der Waals surface area (Å²) in [4.78, 5) is 4.60. The largest absolute Gasteiger partial charge is 0.254 e. The Morgan fingerprint density at radius 1 is 1.22 bits per heavy atom. The van der Waals surface area contributed by atoms with E-state index in [-0.39, 0.29) is 4.83 Å². The molecule has 0 saturated heterocycles. The summed E-state index contributed by atoms with van der Waals surface area (Å²) in [5, 5.41) is 9.39. The number of hydrogen-bond acceptors (Lipinski definition) is 3. The van der Waals surface area contributed by atoms with Gasteiger partial charge in [0.1, 0.15) is 0 Å². The smallest absolute Gasteiger partial charge is 0.0965 e. The summed E-state index contributed by atoms with van der Waals surface area (Å²) in [6, 6.07) is 10.00. The highest BCUT2D eigenvalue weighted by Crippen LogP contribution is 2.22. The fourth-order valence-electron chi connectivity index (χ4n) is 1.85. The van der Waals surface area contributed by atoms with Crippen LogP contribution < -0.4 is 0 Å². The van der Waals surface area contributed by atoms with Crippen LogP contribution in [0.15, 0.2) is 42.7 Å². The Morgan fingerprint density at radius 3 is 2.83 bits per heavy atom. The Labute approximate surface area is 113 Å². The Balaban J connectivity index is 2.18. The maximum Gasteiger partial charge on any atom is 0.0965 e. The number of para-hydroxylation sites is 1. The number of pyridine rings is 1. The van der Waals surface area contributed by atoms with Gasteiger partial charge in [-0.2, -0.15) is 0 Å². The lowest BCUT2D eigenvalue weighted by atomic mass is 10.2. The molecule has 18 heavy (non-hydrogen) atoms. The summed E-state index contributed by atoms with van der Waals surface area (Å²) in [6.07, 6.45) is 3.71. The summed E-state index contributed by atoms with van der Waals surface area (Å²) < 4.78 is 1.77. The number of rotatable bonds is 2. The van der Waals surface area contributed by atoms with E-state index >= 15 is 0 Å². The quantitative estimate of drug-likeness (QED) is 0.682. The van der Waals surface area contributed by atoms with Gasteiger partial charge in [0.05, 0.1) is 27.9 Å². The molecule has 0 bridgehead atoms. The van der Waals surface area contributed by atoms with Crippen LogP contribution in [0, 0.1) is 0 Å². The first kappa shape index (κ1) is 11.3. The first-order valence-electron chi connectivity index (χ1n) is 5.66. The standard InChI is InChI=1S/C13H11BrN4/c1-9(14)11-8-18(17-16-11)12-6-2-4-10-5-3-7-15-13(10)12/h2-9H,1H3. The van der Waals surface area contributed by atoms with Crippen molar-refractivity contribution in [3.05, 3.63) is 48.4 Å². The molecule has 0 aliphatic rings. The summed E-state index contributed by atoms with van der Waals surface area (Å²) >= 11 is 3.49. The Bertz CT molecular complexity index is 685. The predicted molar refractivity (Wildman–Crippen MR) is 74.0 cm³/mol. The Hall–Kier alpha value is -1.75. The first-order valence-corrected chi connectivity index (χ1v) is 6.58. The van der Waals surface area contributed by atoms with Crippen molar-refractivity contribution in [2.45, 2.75) is 11.8 Å². The summed E-state index contributed by atoms with van der Waals surface area (Å²) in [5.41, 5.74) is 2.78. The van der Waals surface area contributed by atoms with Gasteiger partial charge in [0.15, 0.2) is 0 Å². The van der Waals surface area contributed by atoms with Crippen LogP contribution in [0.1, 0.15) is 17.4 Å². The predicted octanol–water partition coefficient (Wildman–Crippen LogP) is 3.27. The van der Waals surface area contributed by atoms with E-state index in [0.29, 0.717) is 0 Å². The van der Waals surface area contributed by atoms with Crippen molar-refractivity contribution in [1.82, 2.24) is 20.0 Å². The van der Waals surface area contributed by atoms with Crippen molar-refractivity contribution >= 4 is 26.8 Å². The number of benzene rings is 1. The molecule has 0 aliphatic carbocycles. The first-order chi connectivity index (χ1) is 8.75. The molecule has 0 aliphatic heterocycles. The summed E-state index contributed by atoms with van der Waals surface area (Å²) in [5.74, 6) is 0. The van der Waals surface area contributed by atoms with Crippen molar-refractivity contribution in [3.8, 4) is 5.69 Å². The minimum absolute atomic E-state index is 0.189. The number of hydrogen-bond donors (Lipinski definition) is 0. The van der Waals surface area contributed by atoms with Gasteiger partial charge in [-0.05, 0) is 19.1 Å². The molecule has 1 atom stereocenters. The van der Waals surface area contributed by atoms with E-state index in [1.807, 2.05) is 43.5 Å². The zero-order valence-electron chi connectivity index (χ0n) is 9.79. The van der Waals surface area contributed by atoms with Crippen LogP contribution in [0.4, 0.5) is 0 Å². The SMILES string of the molecule is CC(Br)c1cn(-c2cccc3cccnc23)nn1. The highest BCUT2D eigenvalue weighted by Gasteiger charge is 2.09. The molecule has 90 valence electrons. The minimum Gasteiger partial charge on any atom is -0.254 e. The van der Waals surface area contributed by atoms with Crippen LogP contribution in [-0.2, 0) is 0 Å². The Kier molecular flexibility index (Phi) is 2.83. The molecular formula is C13H11BrN4. The number of alkyl halides is 1. The molecular weight excluding hydrogens is 292 g/mol. The lowest BCUT2D eigenvalue weighted by Gasteiger charge is -2.04. The molecule has 0 fully saturated rings. The zero-order chi connectivity index (χ0) is 12.5. The van der Waals surface area contributed by atoms with Gasteiger partial charge in [0.25, 0.3) is 0 Å². The second-order valence-electron chi connectivity index (χ2n) is 4.06. The van der Waals surface area contributed by atoms with Crippen LogP contribution in [0.3, 0.4) is 0 Å². The van der Waals surface area contributed by atoms with Gasteiger partial charge in [-0.3, -0.25) is 4.98 Å². The highest BCUT2D eigenvalue weighted by atomic mass is 79.9. The molecule has 2 heterocycles. The van der Waals surface area contributed by atoms with Crippen molar-refractivity contribution in [3.63, 3.8) is 0 Å². The van der Waals surface area contributed by atoms with Crippen LogP contribution in [0.25, 0.3) is 16.6 Å². The normalized spacial score (nSPS) is 12.8. The summed E-state index contributed by atoms with van der Waals surface area (Å²) in [7, 11) is 0. The van der Waals surface area contributed by atoms with Gasteiger partial charge in [-0.1, -0.05) is 39.3 Å². The number of halogens is 1. The van der Waals surface area contributed by atoms with Crippen LogP contribution in [-0.4, -0.2) is 20.0 Å². The maximum absolute atomic E-state index is 4.41. The van der Waals surface area contributed by atoms with Gasteiger partial charge in [-0.15, -0.1) is 5.10 Å². The molecule has 4 nitrogen and oxygen atoms in total. The molecule has 5 heteroatoms. The molecule has 0 amide bonds. The lowest BCUT2D eigenvalue weighted by Crippen LogP contribution is -1.97. The third-order valence-corrected chi connectivity index (χ3v) is 3.25. The molecule has 1 unspecified atom stereocenters. The van der Waals surface area contributed by atoms with Gasteiger partial charge in [0.2, 0.25) is 0 Å². The molecule has 3 rings (SSSR count). The van der Waals surface area contributed by atoms with E-state index in [2.05, 4.69) is 31.2 Å². The highest BCUT2D eigenvalue weighted by molar-refractivity contribution is 9.09. The molecule has 2 aromatic heterocycles. The van der Waals surface area contributed by atoms with Gasteiger partial charge in [-0.25, -0.2) is 4.68 Å². The molecule has 0 spiro atoms. The van der Waals surface area contributed by atoms with Crippen LogP contribution >= 0.6 is 15.9 Å². The third-order valence-electron chi connectivity index (χ3n) is 2.78. The van der Waals surface area contributed by atoms with E-state index < -0.39 is 0 Å². The van der Waals surface area contributed by atoms with E-state index in [1.165, 1.54) is 0 Å². The van der Waals surface area contributed by atoms with Gasteiger partial charge in [0, 0.05) is 11.6 Å². The third kappa shape index (κ3) is 1.90. The lowest BCUT2D eigenvalue weighted by molar-refractivity contribution is 0.800. The van der Waals surface area contributed by atoms with Crippen molar-refractivity contribution < 1.29 is 0 Å². The van der Waals surface area contributed by atoms with Crippen molar-refractivity contribution in [1.29, 1.82) is 0 Å². The number of fused-ring (bicyclic) bond motifs is 1. The second kappa shape index (κ2) is 4.49. The summed E-state index contributed by atoms with van der Waals surface area (Å²) in [6.45, 7) is 2.02. The second-order valence-corrected chi connectivity index (χ2v) is 5.43. The van der Waals surface area contributed by atoms with Crippen LogP contribution in [0.2, 0.25) is 0 Å². The fraction of sp³-hybridized carbons (Fsp3) is 0.154. The van der Waals surface area contributed by atoms with Crippen LogP contribution in [0.5, 0.6) is 0 Å². The van der Waals surface area contributed by atoms with E-state index in [4.69, 9.17) is 0 Å². The molecule has 3 aromatic rings. The fourth-order valence-corrected chi connectivity index (χ4v) is 2.06. The van der Waals surface area contributed by atoms with E-state index in [1.54, 1.807) is 10.9 Å². The number of aromatic nitrogens is 4. The minimum atomic E-state index is 0.189.